The highest BCUT2D eigenvalue weighted by Crippen LogP contribution is 2.24. The topological polar surface area (TPSA) is 67.0 Å². The van der Waals surface area contributed by atoms with Crippen molar-refractivity contribution in [1.82, 2.24) is 9.97 Å². The molecule has 1 heterocycles. The number of nitrogens with one attached hydrogen (secondary N) is 2. The van der Waals surface area contributed by atoms with Crippen LogP contribution in [0.15, 0.2) is 42.6 Å². The van der Waals surface area contributed by atoms with Gasteiger partial charge < -0.3 is 9.72 Å². The third kappa shape index (κ3) is 4.11. The number of nitrogens with zero attached hydrogens (tertiary/aromatic N) is 1. The highest BCUT2D eigenvalue weighted by Gasteiger charge is 2.10. The molecule has 0 spiro atoms. The smallest absolute Gasteiger partial charge is 0.264 e. The van der Waals surface area contributed by atoms with Crippen LogP contribution < -0.4 is 10.1 Å². The molecule has 0 aliphatic carbocycles. The number of aromatic nitrogens is 2. The predicted octanol–water partition coefficient (Wildman–Crippen LogP) is 4.33. The van der Waals surface area contributed by atoms with E-state index in [0.29, 0.717) is 5.95 Å². The van der Waals surface area contributed by atoms with Crippen LogP contribution >= 0.6 is 0 Å². The molecule has 2 N–H and O–H groups in total. The van der Waals surface area contributed by atoms with Crippen molar-refractivity contribution in [1.29, 1.82) is 0 Å². The molecule has 5 heteroatoms. The van der Waals surface area contributed by atoms with E-state index in [4.69, 9.17) is 4.74 Å². The lowest BCUT2D eigenvalue weighted by molar-refractivity contribution is -0.118. The molecule has 0 fully saturated rings. The van der Waals surface area contributed by atoms with E-state index in [0.717, 1.165) is 28.1 Å². The molecule has 0 bridgehead atoms. The molecule has 134 valence electrons. The Hall–Kier alpha value is -3.08. The molecule has 2 aromatic carbocycles. The van der Waals surface area contributed by atoms with Gasteiger partial charge in [-0.3, -0.25) is 10.1 Å². The van der Waals surface area contributed by atoms with E-state index >= 15 is 0 Å². The van der Waals surface area contributed by atoms with E-state index in [1.165, 1.54) is 11.1 Å². The molecule has 0 aliphatic heterocycles. The summed E-state index contributed by atoms with van der Waals surface area (Å²) < 4.78 is 5.71. The predicted molar refractivity (Wildman–Crippen MR) is 104 cm³/mol. The van der Waals surface area contributed by atoms with Crippen molar-refractivity contribution in [2.75, 3.05) is 11.9 Å². The maximum Gasteiger partial charge on any atom is 0.264 e. The minimum absolute atomic E-state index is 0.0642. The summed E-state index contributed by atoms with van der Waals surface area (Å²) in [7, 11) is 0. The van der Waals surface area contributed by atoms with Crippen LogP contribution in [0.3, 0.4) is 0 Å². The number of carbonyl (C=O) groups excluding carboxylic acids is 1. The summed E-state index contributed by atoms with van der Waals surface area (Å²) in [6.45, 7) is 7.98. The van der Waals surface area contributed by atoms with Gasteiger partial charge in [-0.2, -0.15) is 0 Å². The van der Waals surface area contributed by atoms with Crippen molar-refractivity contribution in [3.63, 3.8) is 0 Å². The Kier molecular flexibility index (Phi) is 5.07. The zero-order chi connectivity index (χ0) is 18.7. The number of H-pyrrole nitrogens is 1. The van der Waals surface area contributed by atoms with Crippen LogP contribution in [0.25, 0.3) is 11.3 Å². The number of rotatable bonds is 5. The standard InChI is InChI=1S/C21H23N3O2/c1-13-5-7-17(8-6-13)18-11-22-21(23-18)24-19(25)12-26-20-15(3)9-14(2)10-16(20)4/h5-11H,12H2,1-4H3,(H2,22,23,24,25). The number of benzene rings is 2. The summed E-state index contributed by atoms with van der Waals surface area (Å²) >= 11 is 0. The highest BCUT2D eigenvalue weighted by atomic mass is 16.5. The zero-order valence-electron chi connectivity index (χ0n) is 15.5. The van der Waals surface area contributed by atoms with Crippen molar-refractivity contribution >= 4 is 11.9 Å². The zero-order valence-corrected chi connectivity index (χ0v) is 15.5. The normalized spacial score (nSPS) is 10.6. The number of aromatic amines is 1. The lowest BCUT2D eigenvalue weighted by Crippen LogP contribution is -2.21. The Bertz CT molecular complexity index is 904. The first-order valence-electron chi connectivity index (χ1n) is 8.55. The fourth-order valence-corrected chi connectivity index (χ4v) is 2.96. The average Bonchev–Trinajstić information content (AvgIpc) is 3.03. The second kappa shape index (κ2) is 7.44. The molecule has 0 unspecified atom stereocenters. The Morgan fingerprint density at radius 2 is 1.69 bits per heavy atom. The molecular weight excluding hydrogens is 326 g/mol. The second-order valence-corrected chi connectivity index (χ2v) is 6.58. The van der Waals surface area contributed by atoms with Gasteiger partial charge in [0, 0.05) is 0 Å². The molecule has 0 saturated heterocycles. The van der Waals surface area contributed by atoms with Gasteiger partial charge in [0.05, 0.1) is 11.9 Å². The van der Waals surface area contributed by atoms with E-state index < -0.39 is 0 Å². The summed E-state index contributed by atoms with van der Waals surface area (Å²) in [5.41, 5.74) is 6.29. The summed E-state index contributed by atoms with van der Waals surface area (Å²) in [6.07, 6.45) is 1.70. The van der Waals surface area contributed by atoms with E-state index in [1.807, 2.05) is 64.1 Å². The SMILES string of the molecule is Cc1ccc(-c2cnc(NC(=O)COc3c(C)cc(C)cc3C)[nH]2)cc1. The molecular formula is C21H23N3O2. The summed E-state index contributed by atoms with van der Waals surface area (Å²) in [5, 5.41) is 2.73. The Morgan fingerprint density at radius 1 is 1.04 bits per heavy atom. The molecule has 0 aliphatic rings. The van der Waals surface area contributed by atoms with Crippen LogP contribution in [-0.4, -0.2) is 22.5 Å². The second-order valence-electron chi connectivity index (χ2n) is 6.58. The van der Waals surface area contributed by atoms with Crippen LogP contribution in [0.4, 0.5) is 5.95 Å². The van der Waals surface area contributed by atoms with E-state index in [1.54, 1.807) is 6.20 Å². The van der Waals surface area contributed by atoms with Gasteiger partial charge in [-0.05, 0) is 44.4 Å². The van der Waals surface area contributed by atoms with Crippen LogP contribution in [0, 0.1) is 27.7 Å². The monoisotopic (exact) mass is 349 g/mol. The van der Waals surface area contributed by atoms with Gasteiger partial charge in [0.1, 0.15) is 5.75 Å². The number of carbonyl (C=O) groups is 1. The van der Waals surface area contributed by atoms with E-state index in [9.17, 15) is 4.79 Å². The number of aryl methyl sites for hydroxylation is 4. The van der Waals surface area contributed by atoms with Gasteiger partial charge in [0.2, 0.25) is 5.95 Å². The number of ether oxygens (including phenoxy) is 1. The number of hydrogen-bond donors (Lipinski definition) is 2. The molecule has 0 atom stereocenters. The maximum atomic E-state index is 12.2. The molecule has 1 aromatic heterocycles. The fraction of sp³-hybridized carbons (Fsp3) is 0.238. The molecule has 5 nitrogen and oxygen atoms in total. The van der Waals surface area contributed by atoms with Gasteiger partial charge in [-0.1, -0.05) is 47.5 Å². The molecule has 26 heavy (non-hydrogen) atoms. The quantitative estimate of drug-likeness (QED) is 0.720. The van der Waals surface area contributed by atoms with Crippen LogP contribution in [0.1, 0.15) is 22.3 Å². The first-order valence-corrected chi connectivity index (χ1v) is 8.55. The molecule has 3 aromatic rings. The van der Waals surface area contributed by atoms with E-state index in [2.05, 4.69) is 15.3 Å². The van der Waals surface area contributed by atoms with Crippen LogP contribution in [0.2, 0.25) is 0 Å². The van der Waals surface area contributed by atoms with Crippen LogP contribution in [-0.2, 0) is 4.79 Å². The Balaban J connectivity index is 1.62. The van der Waals surface area contributed by atoms with Gasteiger partial charge in [0.15, 0.2) is 6.61 Å². The summed E-state index contributed by atoms with van der Waals surface area (Å²) in [5.74, 6) is 0.909. The minimum Gasteiger partial charge on any atom is -0.483 e. The number of anilines is 1. The lowest BCUT2D eigenvalue weighted by Gasteiger charge is -2.12. The van der Waals surface area contributed by atoms with Crippen molar-refractivity contribution in [2.45, 2.75) is 27.7 Å². The number of imidazole rings is 1. The summed E-state index contributed by atoms with van der Waals surface area (Å²) in [4.78, 5) is 19.5. The largest absolute Gasteiger partial charge is 0.483 e. The first-order chi connectivity index (χ1) is 12.4. The van der Waals surface area contributed by atoms with Crippen molar-refractivity contribution in [3.8, 4) is 17.0 Å². The van der Waals surface area contributed by atoms with Gasteiger partial charge in [-0.15, -0.1) is 0 Å². The third-order valence-corrected chi connectivity index (χ3v) is 4.15. The fourth-order valence-electron chi connectivity index (χ4n) is 2.96. The van der Waals surface area contributed by atoms with Gasteiger partial charge >= 0.3 is 0 Å². The average molecular weight is 349 g/mol. The van der Waals surface area contributed by atoms with Crippen molar-refractivity contribution < 1.29 is 9.53 Å². The van der Waals surface area contributed by atoms with Crippen LogP contribution in [0.5, 0.6) is 5.75 Å². The molecule has 0 saturated carbocycles. The van der Waals surface area contributed by atoms with Gasteiger partial charge in [-0.25, -0.2) is 4.98 Å². The number of hydrogen-bond acceptors (Lipinski definition) is 3. The maximum absolute atomic E-state index is 12.2. The summed E-state index contributed by atoms with van der Waals surface area (Å²) in [6, 6.07) is 12.2. The molecule has 0 radical (unpaired) electrons. The minimum atomic E-state index is -0.255. The first kappa shape index (κ1) is 17.7. The number of amides is 1. The third-order valence-electron chi connectivity index (χ3n) is 4.15. The Morgan fingerprint density at radius 3 is 2.35 bits per heavy atom. The highest BCUT2D eigenvalue weighted by molar-refractivity contribution is 5.90. The van der Waals surface area contributed by atoms with Crippen molar-refractivity contribution in [2.24, 2.45) is 0 Å². The van der Waals surface area contributed by atoms with E-state index in [-0.39, 0.29) is 12.5 Å². The molecule has 3 rings (SSSR count). The van der Waals surface area contributed by atoms with Crippen molar-refractivity contribution in [3.05, 3.63) is 64.8 Å². The lowest BCUT2D eigenvalue weighted by atomic mass is 10.1. The molecule has 1 amide bonds. The van der Waals surface area contributed by atoms with Gasteiger partial charge in [0.25, 0.3) is 5.91 Å². The Labute approximate surface area is 153 Å².